The lowest BCUT2D eigenvalue weighted by Crippen LogP contribution is -2.54. The number of amides is 1. The molecule has 0 N–H and O–H groups in total. The number of likely N-dealkylation sites (N-methyl/N-ethyl adjacent to an activating group) is 1. The molecule has 5 nitrogen and oxygen atoms in total. The molecule has 1 amide bonds. The number of rotatable bonds is 4. The molecule has 2 fully saturated rings. The van der Waals surface area contributed by atoms with E-state index in [1.54, 1.807) is 13.4 Å². The fourth-order valence-corrected chi connectivity index (χ4v) is 4.03. The largest absolute Gasteiger partial charge is 0.469 e. The molecule has 3 rings (SSSR count). The van der Waals surface area contributed by atoms with Crippen LogP contribution in [0.1, 0.15) is 31.4 Å². The van der Waals surface area contributed by atoms with E-state index < -0.39 is 0 Å². The van der Waals surface area contributed by atoms with Crippen LogP contribution in [0.5, 0.6) is 0 Å². The van der Waals surface area contributed by atoms with Crippen molar-refractivity contribution >= 4 is 5.91 Å². The number of piperidine rings is 1. The van der Waals surface area contributed by atoms with E-state index in [1.807, 2.05) is 17.0 Å². The van der Waals surface area contributed by atoms with Crippen LogP contribution in [-0.2, 0) is 16.0 Å². The topological polar surface area (TPSA) is 45.9 Å². The van der Waals surface area contributed by atoms with Gasteiger partial charge in [-0.15, -0.1) is 0 Å². The lowest BCUT2D eigenvalue weighted by molar-refractivity contribution is -0.133. The summed E-state index contributed by atoms with van der Waals surface area (Å²) < 4.78 is 10.6. The van der Waals surface area contributed by atoms with Gasteiger partial charge >= 0.3 is 0 Å². The zero-order chi connectivity index (χ0) is 15.6. The second-order valence-corrected chi connectivity index (χ2v) is 6.62. The normalized spacial score (nSPS) is 25.0. The van der Waals surface area contributed by atoms with Crippen molar-refractivity contribution in [1.29, 1.82) is 0 Å². The minimum Gasteiger partial charge on any atom is -0.469 e. The summed E-state index contributed by atoms with van der Waals surface area (Å²) in [5.74, 6) is 0.933. The maximum Gasteiger partial charge on any atom is 0.230 e. The molecule has 122 valence electrons. The Morgan fingerprint density at radius 2 is 2.18 bits per heavy atom. The van der Waals surface area contributed by atoms with E-state index in [-0.39, 0.29) is 11.4 Å². The van der Waals surface area contributed by atoms with E-state index in [0.29, 0.717) is 12.5 Å². The van der Waals surface area contributed by atoms with E-state index in [1.165, 1.54) is 12.8 Å². The number of carbonyl (C=O) groups excluding carboxylic acids is 1. The first kappa shape index (κ1) is 15.6. The van der Waals surface area contributed by atoms with Crippen molar-refractivity contribution in [3.63, 3.8) is 0 Å². The fraction of sp³-hybridized carbons (Fsp3) is 0.706. The minimum absolute atomic E-state index is 0.180. The SMILES string of the molecule is COC[C@@H]1CCC2(CCN(C(=O)Cc3ccco3)CC2)N1C. The second kappa shape index (κ2) is 6.42. The van der Waals surface area contributed by atoms with Gasteiger partial charge in [0.25, 0.3) is 0 Å². The predicted octanol–water partition coefficient (Wildman–Crippen LogP) is 1.92. The lowest BCUT2D eigenvalue weighted by Gasteiger charge is -2.45. The van der Waals surface area contributed by atoms with Gasteiger partial charge in [0, 0.05) is 31.8 Å². The standard InChI is InChI=1S/C17H26N2O3/c1-18-14(13-21-2)5-6-17(18)7-9-19(10-8-17)16(20)12-15-4-3-11-22-15/h3-4,11,14H,5-10,12-13H2,1-2H3/t14-/m0/s1. The summed E-state index contributed by atoms with van der Waals surface area (Å²) in [5.41, 5.74) is 0.269. The summed E-state index contributed by atoms with van der Waals surface area (Å²) >= 11 is 0. The molecule has 0 unspecified atom stereocenters. The summed E-state index contributed by atoms with van der Waals surface area (Å²) in [6.07, 6.45) is 6.54. The van der Waals surface area contributed by atoms with Crippen LogP contribution in [0.25, 0.3) is 0 Å². The van der Waals surface area contributed by atoms with Gasteiger partial charge in [-0.05, 0) is 44.9 Å². The van der Waals surface area contributed by atoms with Crippen LogP contribution < -0.4 is 0 Å². The molecule has 1 aromatic rings. The Morgan fingerprint density at radius 1 is 1.41 bits per heavy atom. The van der Waals surface area contributed by atoms with Crippen LogP contribution in [0.3, 0.4) is 0 Å². The molecule has 0 saturated carbocycles. The predicted molar refractivity (Wildman–Crippen MR) is 83.6 cm³/mol. The molecule has 1 atom stereocenters. The van der Waals surface area contributed by atoms with Crippen molar-refractivity contribution < 1.29 is 13.9 Å². The van der Waals surface area contributed by atoms with Gasteiger partial charge in [0.1, 0.15) is 5.76 Å². The van der Waals surface area contributed by atoms with Crippen LogP contribution in [0.4, 0.5) is 0 Å². The first-order chi connectivity index (χ1) is 10.6. The molecule has 0 radical (unpaired) electrons. The van der Waals surface area contributed by atoms with Crippen LogP contribution >= 0.6 is 0 Å². The summed E-state index contributed by atoms with van der Waals surface area (Å²) in [4.78, 5) is 16.8. The first-order valence-corrected chi connectivity index (χ1v) is 8.17. The fourth-order valence-electron chi connectivity index (χ4n) is 4.03. The van der Waals surface area contributed by atoms with Gasteiger partial charge in [-0.1, -0.05) is 0 Å². The van der Waals surface area contributed by atoms with Crippen molar-refractivity contribution in [3.05, 3.63) is 24.2 Å². The van der Waals surface area contributed by atoms with Crippen molar-refractivity contribution in [2.24, 2.45) is 0 Å². The first-order valence-electron chi connectivity index (χ1n) is 8.17. The quantitative estimate of drug-likeness (QED) is 0.852. The monoisotopic (exact) mass is 306 g/mol. The van der Waals surface area contributed by atoms with Gasteiger partial charge in [-0.2, -0.15) is 0 Å². The molecule has 2 aliphatic heterocycles. The van der Waals surface area contributed by atoms with E-state index >= 15 is 0 Å². The third kappa shape index (κ3) is 2.92. The highest BCUT2D eigenvalue weighted by molar-refractivity contribution is 5.78. The van der Waals surface area contributed by atoms with Crippen LogP contribution in [-0.4, -0.2) is 61.1 Å². The van der Waals surface area contributed by atoms with E-state index in [4.69, 9.17) is 9.15 Å². The van der Waals surface area contributed by atoms with Gasteiger partial charge in [-0.25, -0.2) is 0 Å². The Labute approximate surface area is 132 Å². The Kier molecular flexibility index (Phi) is 4.54. The van der Waals surface area contributed by atoms with Gasteiger partial charge < -0.3 is 14.1 Å². The summed E-state index contributed by atoms with van der Waals surface area (Å²) in [7, 11) is 3.99. The van der Waals surface area contributed by atoms with Crippen LogP contribution in [0, 0.1) is 0 Å². The van der Waals surface area contributed by atoms with Crippen LogP contribution in [0.15, 0.2) is 22.8 Å². The average Bonchev–Trinajstić information content (AvgIpc) is 3.13. The number of carbonyl (C=O) groups is 1. The number of methoxy groups -OCH3 is 1. The molecule has 5 heteroatoms. The minimum atomic E-state index is 0.180. The molecule has 0 aliphatic carbocycles. The van der Waals surface area contributed by atoms with Crippen molar-refractivity contribution in [2.75, 3.05) is 33.9 Å². The number of hydrogen-bond acceptors (Lipinski definition) is 4. The Hall–Kier alpha value is -1.33. The van der Waals surface area contributed by atoms with Gasteiger partial charge in [0.2, 0.25) is 5.91 Å². The van der Waals surface area contributed by atoms with Crippen molar-refractivity contribution in [2.45, 2.75) is 43.7 Å². The van der Waals surface area contributed by atoms with Gasteiger partial charge in [0.15, 0.2) is 0 Å². The number of ether oxygens (including phenoxy) is 1. The third-order valence-electron chi connectivity index (χ3n) is 5.55. The van der Waals surface area contributed by atoms with E-state index in [9.17, 15) is 4.79 Å². The lowest BCUT2D eigenvalue weighted by atomic mass is 9.85. The number of hydrogen-bond donors (Lipinski definition) is 0. The Morgan fingerprint density at radius 3 is 2.82 bits per heavy atom. The zero-order valence-corrected chi connectivity index (χ0v) is 13.6. The van der Waals surface area contributed by atoms with Crippen LogP contribution in [0.2, 0.25) is 0 Å². The highest BCUT2D eigenvalue weighted by Gasteiger charge is 2.46. The second-order valence-electron chi connectivity index (χ2n) is 6.62. The number of nitrogens with zero attached hydrogens (tertiary/aromatic N) is 2. The molecule has 2 saturated heterocycles. The Balaban J connectivity index is 1.55. The Bertz CT molecular complexity index is 492. The molecule has 0 bridgehead atoms. The van der Waals surface area contributed by atoms with E-state index in [2.05, 4.69) is 11.9 Å². The maximum absolute atomic E-state index is 12.3. The molecule has 1 aromatic heterocycles. The smallest absolute Gasteiger partial charge is 0.230 e. The molecule has 1 spiro atoms. The summed E-state index contributed by atoms with van der Waals surface area (Å²) in [6, 6.07) is 4.22. The molecule has 3 heterocycles. The van der Waals surface area contributed by atoms with Gasteiger partial charge in [0.05, 0.1) is 19.3 Å². The van der Waals surface area contributed by atoms with Crippen molar-refractivity contribution in [1.82, 2.24) is 9.80 Å². The van der Waals surface area contributed by atoms with Crippen molar-refractivity contribution in [3.8, 4) is 0 Å². The molecule has 22 heavy (non-hydrogen) atoms. The molecular formula is C17H26N2O3. The highest BCUT2D eigenvalue weighted by atomic mass is 16.5. The number of likely N-dealkylation sites (tertiary alicyclic amines) is 2. The summed E-state index contributed by atoms with van der Waals surface area (Å²) in [5, 5.41) is 0. The number of furan rings is 1. The summed E-state index contributed by atoms with van der Waals surface area (Å²) in [6.45, 7) is 2.51. The van der Waals surface area contributed by atoms with Gasteiger partial charge in [-0.3, -0.25) is 9.69 Å². The third-order valence-corrected chi connectivity index (χ3v) is 5.55. The maximum atomic E-state index is 12.3. The molecular weight excluding hydrogens is 280 g/mol. The molecule has 2 aliphatic rings. The van der Waals surface area contributed by atoms with E-state index in [0.717, 1.165) is 38.3 Å². The zero-order valence-electron chi connectivity index (χ0n) is 13.6. The highest BCUT2D eigenvalue weighted by Crippen LogP contribution is 2.40. The average molecular weight is 306 g/mol. The molecule has 0 aromatic carbocycles.